The Bertz CT molecular complexity index is 401. The highest BCUT2D eigenvalue weighted by Crippen LogP contribution is 2.35. The van der Waals surface area contributed by atoms with E-state index in [9.17, 15) is 0 Å². The molecule has 1 aliphatic rings. The highest BCUT2D eigenvalue weighted by atomic mass is 15.2. The first kappa shape index (κ1) is 13.4. The van der Waals surface area contributed by atoms with Gasteiger partial charge in [0.1, 0.15) is 0 Å². The Morgan fingerprint density at radius 3 is 2.78 bits per heavy atom. The van der Waals surface area contributed by atoms with Crippen LogP contribution in [0.4, 0.5) is 5.69 Å². The van der Waals surface area contributed by atoms with Crippen molar-refractivity contribution >= 4 is 5.69 Å². The predicted molar refractivity (Wildman–Crippen MR) is 77.9 cm³/mol. The van der Waals surface area contributed by atoms with Gasteiger partial charge in [0.25, 0.3) is 0 Å². The summed E-state index contributed by atoms with van der Waals surface area (Å²) in [6.07, 6.45) is 2.50. The molecule has 1 heterocycles. The Balaban J connectivity index is 2.22. The molecule has 1 aliphatic heterocycles. The number of fused-ring (bicyclic) bond motifs is 1. The average Bonchev–Trinajstić information content (AvgIpc) is 2.72. The smallest absolute Gasteiger partial charge is 0.0477 e. The lowest BCUT2D eigenvalue weighted by atomic mass is 10.0. The van der Waals surface area contributed by atoms with Crippen LogP contribution in [0.1, 0.15) is 36.9 Å². The van der Waals surface area contributed by atoms with Gasteiger partial charge in [-0.3, -0.25) is 4.90 Å². The van der Waals surface area contributed by atoms with E-state index in [-0.39, 0.29) is 0 Å². The summed E-state index contributed by atoms with van der Waals surface area (Å²) < 4.78 is 0. The molecular formula is C15H25N3. The third kappa shape index (κ3) is 2.52. The van der Waals surface area contributed by atoms with E-state index in [2.05, 4.69) is 49.0 Å². The molecule has 0 radical (unpaired) electrons. The summed E-state index contributed by atoms with van der Waals surface area (Å²) in [5.74, 6) is 0. The fourth-order valence-electron chi connectivity index (χ4n) is 2.71. The molecule has 3 nitrogen and oxygen atoms in total. The van der Waals surface area contributed by atoms with Crippen molar-refractivity contribution in [1.82, 2.24) is 4.90 Å². The number of benzene rings is 1. The van der Waals surface area contributed by atoms with Crippen LogP contribution in [0.5, 0.6) is 0 Å². The van der Waals surface area contributed by atoms with Crippen LogP contribution in [0.3, 0.4) is 0 Å². The standard InChI is InChI=1S/C15H25N3/c1-4-5-8-18-11-12-6-7-13(17(2)3)9-14(12)15(18)10-16/h6-7,9,15H,4-5,8,10-11,16H2,1-3H3. The maximum atomic E-state index is 5.98. The Morgan fingerprint density at radius 1 is 1.39 bits per heavy atom. The molecule has 1 aromatic carbocycles. The van der Waals surface area contributed by atoms with Crippen LogP contribution in [0.15, 0.2) is 18.2 Å². The number of rotatable bonds is 5. The van der Waals surface area contributed by atoms with Gasteiger partial charge in [0, 0.05) is 38.9 Å². The van der Waals surface area contributed by atoms with Crippen molar-refractivity contribution in [3.05, 3.63) is 29.3 Å². The number of hydrogen-bond donors (Lipinski definition) is 1. The summed E-state index contributed by atoms with van der Waals surface area (Å²) in [6, 6.07) is 7.18. The Labute approximate surface area is 111 Å². The van der Waals surface area contributed by atoms with Crippen molar-refractivity contribution in [2.75, 3.05) is 32.1 Å². The summed E-state index contributed by atoms with van der Waals surface area (Å²) in [4.78, 5) is 4.68. The molecule has 1 atom stereocenters. The topological polar surface area (TPSA) is 32.5 Å². The van der Waals surface area contributed by atoms with Crippen molar-refractivity contribution in [1.29, 1.82) is 0 Å². The molecule has 3 heteroatoms. The van der Waals surface area contributed by atoms with E-state index in [0.29, 0.717) is 12.6 Å². The Kier molecular flexibility index (Phi) is 4.25. The molecule has 0 saturated heterocycles. The highest BCUT2D eigenvalue weighted by molar-refractivity contribution is 5.52. The van der Waals surface area contributed by atoms with Crippen LogP contribution < -0.4 is 10.6 Å². The molecule has 0 amide bonds. The van der Waals surface area contributed by atoms with Gasteiger partial charge in [0.2, 0.25) is 0 Å². The van der Waals surface area contributed by atoms with Gasteiger partial charge in [-0.2, -0.15) is 0 Å². The lowest BCUT2D eigenvalue weighted by molar-refractivity contribution is 0.217. The van der Waals surface area contributed by atoms with Gasteiger partial charge in [-0.25, -0.2) is 0 Å². The number of hydrogen-bond acceptors (Lipinski definition) is 3. The number of unbranched alkanes of at least 4 members (excludes halogenated alkanes) is 1. The quantitative estimate of drug-likeness (QED) is 0.867. The molecule has 0 bridgehead atoms. The number of nitrogens with two attached hydrogens (primary N) is 1. The van der Waals surface area contributed by atoms with Gasteiger partial charge in [-0.15, -0.1) is 0 Å². The van der Waals surface area contributed by atoms with E-state index in [1.54, 1.807) is 0 Å². The van der Waals surface area contributed by atoms with E-state index < -0.39 is 0 Å². The minimum atomic E-state index is 0.409. The second kappa shape index (κ2) is 5.72. The second-order valence-corrected chi connectivity index (χ2v) is 5.35. The normalized spacial score (nSPS) is 19.0. The van der Waals surface area contributed by atoms with Gasteiger partial charge in [-0.1, -0.05) is 19.4 Å². The Hall–Kier alpha value is -1.06. The van der Waals surface area contributed by atoms with Crippen molar-refractivity contribution in [2.24, 2.45) is 5.73 Å². The lowest BCUT2D eigenvalue weighted by Crippen LogP contribution is -2.28. The van der Waals surface area contributed by atoms with Crippen LogP contribution >= 0.6 is 0 Å². The summed E-state index contributed by atoms with van der Waals surface area (Å²) in [5.41, 5.74) is 10.1. The first-order valence-electron chi connectivity index (χ1n) is 6.91. The molecule has 0 fully saturated rings. The van der Waals surface area contributed by atoms with Crippen LogP contribution in [-0.4, -0.2) is 32.1 Å². The van der Waals surface area contributed by atoms with E-state index in [0.717, 1.165) is 13.1 Å². The zero-order valence-electron chi connectivity index (χ0n) is 11.8. The minimum Gasteiger partial charge on any atom is -0.378 e. The summed E-state index contributed by atoms with van der Waals surface area (Å²) >= 11 is 0. The SMILES string of the molecule is CCCCN1Cc2ccc(N(C)C)cc2C1CN. The van der Waals surface area contributed by atoms with E-state index in [1.165, 1.54) is 29.7 Å². The summed E-state index contributed by atoms with van der Waals surface area (Å²) in [5, 5.41) is 0. The van der Waals surface area contributed by atoms with Crippen LogP contribution in [0.2, 0.25) is 0 Å². The molecule has 2 N–H and O–H groups in total. The molecule has 0 aromatic heterocycles. The molecule has 0 aliphatic carbocycles. The average molecular weight is 247 g/mol. The number of anilines is 1. The Morgan fingerprint density at radius 2 is 2.17 bits per heavy atom. The monoisotopic (exact) mass is 247 g/mol. The minimum absolute atomic E-state index is 0.409. The van der Waals surface area contributed by atoms with Gasteiger partial charge in [0.05, 0.1) is 0 Å². The molecule has 2 rings (SSSR count). The zero-order valence-corrected chi connectivity index (χ0v) is 11.8. The van der Waals surface area contributed by atoms with Crippen molar-refractivity contribution < 1.29 is 0 Å². The third-order valence-electron chi connectivity index (χ3n) is 3.84. The van der Waals surface area contributed by atoms with E-state index in [4.69, 9.17) is 5.73 Å². The van der Waals surface area contributed by atoms with Crippen molar-refractivity contribution in [2.45, 2.75) is 32.4 Å². The van der Waals surface area contributed by atoms with Crippen molar-refractivity contribution in [3.8, 4) is 0 Å². The molecule has 0 saturated carbocycles. The van der Waals surface area contributed by atoms with E-state index >= 15 is 0 Å². The fraction of sp³-hybridized carbons (Fsp3) is 0.600. The third-order valence-corrected chi connectivity index (χ3v) is 3.84. The summed E-state index contributed by atoms with van der Waals surface area (Å²) in [7, 11) is 4.17. The first-order chi connectivity index (χ1) is 8.67. The van der Waals surface area contributed by atoms with Crippen LogP contribution in [0.25, 0.3) is 0 Å². The molecule has 1 aromatic rings. The van der Waals surface area contributed by atoms with Gasteiger partial charge in [-0.05, 0) is 36.2 Å². The predicted octanol–water partition coefficient (Wildman–Crippen LogP) is 2.37. The van der Waals surface area contributed by atoms with E-state index in [1.807, 2.05) is 0 Å². The second-order valence-electron chi connectivity index (χ2n) is 5.35. The number of nitrogens with zero attached hydrogens (tertiary/aromatic N) is 2. The lowest BCUT2D eigenvalue weighted by Gasteiger charge is -2.23. The van der Waals surface area contributed by atoms with Crippen LogP contribution in [0, 0.1) is 0 Å². The maximum absolute atomic E-state index is 5.98. The summed E-state index contributed by atoms with van der Waals surface area (Å²) in [6.45, 7) is 5.17. The first-order valence-corrected chi connectivity index (χ1v) is 6.91. The van der Waals surface area contributed by atoms with Gasteiger partial charge in [0.15, 0.2) is 0 Å². The maximum Gasteiger partial charge on any atom is 0.0477 e. The highest BCUT2D eigenvalue weighted by Gasteiger charge is 2.28. The molecule has 0 spiro atoms. The fourth-order valence-corrected chi connectivity index (χ4v) is 2.71. The molecular weight excluding hydrogens is 222 g/mol. The zero-order chi connectivity index (χ0) is 13.1. The molecule has 18 heavy (non-hydrogen) atoms. The molecule has 1 unspecified atom stereocenters. The molecule has 100 valence electrons. The largest absolute Gasteiger partial charge is 0.378 e. The van der Waals surface area contributed by atoms with Gasteiger partial charge >= 0.3 is 0 Å². The van der Waals surface area contributed by atoms with Crippen molar-refractivity contribution in [3.63, 3.8) is 0 Å². The van der Waals surface area contributed by atoms with Gasteiger partial charge < -0.3 is 10.6 Å². The van der Waals surface area contributed by atoms with Crippen LogP contribution in [-0.2, 0) is 6.54 Å².